The lowest BCUT2D eigenvalue weighted by molar-refractivity contribution is -0.148. The number of aromatic nitrogens is 1. The molecule has 18 heavy (non-hydrogen) atoms. The van der Waals surface area contributed by atoms with Gasteiger partial charge in [-0.05, 0) is 25.1 Å². The van der Waals surface area contributed by atoms with Gasteiger partial charge in [-0.1, -0.05) is 13.0 Å². The summed E-state index contributed by atoms with van der Waals surface area (Å²) in [5.41, 5.74) is 6.64. The van der Waals surface area contributed by atoms with E-state index in [1.807, 2.05) is 6.92 Å². The quantitative estimate of drug-likeness (QED) is 0.884. The van der Waals surface area contributed by atoms with Gasteiger partial charge in [0.15, 0.2) is 0 Å². The molecule has 2 unspecified atom stereocenters. The molecule has 0 aliphatic carbocycles. The van der Waals surface area contributed by atoms with Crippen molar-refractivity contribution in [3.05, 3.63) is 30.1 Å². The van der Waals surface area contributed by atoms with Gasteiger partial charge in [0.2, 0.25) is 0 Å². The first-order valence-corrected chi connectivity index (χ1v) is 5.77. The van der Waals surface area contributed by atoms with Gasteiger partial charge in [0.25, 0.3) is 0 Å². The molecule has 0 saturated carbocycles. The van der Waals surface area contributed by atoms with Gasteiger partial charge in [-0.3, -0.25) is 9.88 Å². The van der Waals surface area contributed by atoms with Gasteiger partial charge in [0, 0.05) is 18.4 Å². The van der Waals surface area contributed by atoms with E-state index in [9.17, 15) is 13.2 Å². The van der Waals surface area contributed by atoms with Crippen molar-refractivity contribution in [3.63, 3.8) is 0 Å². The third-order valence-corrected chi connectivity index (χ3v) is 2.81. The fourth-order valence-electron chi connectivity index (χ4n) is 1.98. The summed E-state index contributed by atoms with van der Waals surface area (Å²) in [6, 6.07) is 2.61. The Morgan fingerprint density at radius 1 is 1.44 bits per heavy atom. The predicted molar refractivity (Wildman–Crippen MR) is 63.9 cm³/mol. The monoisotopic (exact) mass is 261 g/mol. The molecule has 0 saturated heterocycles. The van der Waals surface area contributed by atoms with Gasteiger partial charge in [-0.2, -0.15) is 13.2 Å². The van der Waals surface area contributed by atoms with Crippen molar-refractivity contribution in [1.82, 2.24) is 9.88 Å². The van der Waals surface area contributed by atoms with E-state index in [4.69, 9.17) is 5.73 Å². The summed E-state index contributed by atoms with van der Waals surface area (Å²) in [5, 5.41) is 0. The lowest BCUT2D eigenvalue weighted by atomic mass is 9.98. The summed E-state index contributed by atoms with van der Waals surface area (Å²) in [4.78, 5) is 5.17. The first-order valence-electron chi connectivity index (χ1n) is 5.77. The number of halogens is 3. The summed E-state index contributed by atoms with van der Waals surface area (Å²) < 4.78 is 37.4. The minimum atomic E-state index is -4.23. The Hall–Kier alpha value is -1.14. The molecule has 2 atom stereocenters. The number of rotatable bonds is 5. The molecule has 0 aliphatic heterocycles. The first kappa shape index (κ1) is 14.9. The van der Waals surface area contributed by atoms with E-state index in [0.717, 1.165) is 0 Å². The van der Waals surface area contributed by atoms with Crippen molar-refractivity contribution in [2.45, 2.75) is 31.6 Å². The molecule has 0 aliphatic rings. The largest absolute Gasteiger partial charge is 0.401 e. The van der Waals surface area contributed by atoms with Crippen LogP contribution >= 0.6 is 0 Å². The molecule has 6 heteroatoms. The molecule has 3 nitrogen and oxygen atoms in total. The van der Waals surface area contributed by atoms with Gasteiger partial charge in [0.05, 0.1) is 12.6 Å². The summed E-state index contributed by atoms with van der Waals surface area (Å²) >= 11 is 0. The van der Waals surface area contributed by atoms with E-state index >= 15 is 0 Å². The van der Waals surface area contributed by atoms with Gasteiger partial charge in [-0.15, -0.1) is 0 Å². The fraction of sp³-hybridized carbons (Fsp3) is 0.583. The summed E-state index contributed by atoms with van der Waals surface area (Å²) in [6.07, 6.45) is -0.487. The molecule has 0 fully saturated rings. The highest BCUT2D eigenvalue weighted by Crippen LogP contribution is 2.26. The van der Waals surface area contributed by atoms with Crippen LogP contribution in [0.15, 0.2) is 24.5 Å². The number of likely N-dealkylation sites (N-methyl/N-ethyl adjacent to an activating group) is 1. The molecule has 2 N–H and O–H groups in total. The molecular weight excluding hydrogens is 243 g/mol. The molecule has 1 rings (SSSR count). The van der Waals surface area contributed by atoms with Crippen LogP contribution in [0.25, 0.3) is 0 Å². The molecule has 0 aromatic carbocycles. The van der Waals surface area contributed by atoms with Crippen LogP contribution < -0.4 is 5.73 Å². The Morgan fingerprint density at radius 3 is 2.56 bits per heavy atom. The highest BCUT2D eigenvalue weighted by molar-refractivity contribution is 5.16. The Morgan fingerprint density at radius 2 is 2.11 bits per heavy atom. The van der Waals surface area contributed by atoms with Crippen molar-refractivity contribution in [1.29, 1.82) is 0 Å². The van der Waals surface area contributed by atoms with Gasteiger partial charge >= 0.3 is 6.18 Å². The van der Waals surface area contributed by atoms with E-state index < -0.39 is 18.8 Å². The summed E-state index contributed by atoms with van der Waals surface area (Å²) in [7, 11) is 1.43. The van der Waals surface area contributed by atoms with Crippen molar-refractivity contribution in [3.8, 4) is 0 Å². The molecule has 1 heterocycles. The first-order chi connectivity index (χ1) is 8.35. The number of alkyl halides is 3. The van der Waals surface area contributed by atoms with E-state index in [-0.39, 0.29) is 6.04 Å². The molecule has 1 aromatic heterocycles. The van der Waals surface area contributed by atoms with E-state index in [1.54, 1.807) is 24.5 Å². The third kappa shape index (κ3) is 4.27. The Bertz CT molecular complexity index is 353. The average Bonchev–Trinajstić information content (AvgIpc) is 2.28. The summed E-state index contributed by atoms with van der Waals surface area (Å²) in [6.45, 7) is 0.871. The van der Waals surface area contributed by atoms with Crippen molar-refractivity contribution in [2.24, 2.45) is 5.73 Å². The van der Waals surface area contributed by atoms with E-state index in [1.165, 1.54) is 11.9 Å². The van der Waals surface area contributed by atoms with Crippen LogP contribution in [0.5, 0.6) is 0 Å². The second kappa shape index (κ2) is 6.15. The topological polar surface area (TPSA) is 42.1 Å². The second-order valence-electron chi connectivity index (χ2n) is 4.33. The maximum absolute atomic E-state index is 12.5. The molecule has 0 radical (unpaired) electrons. The second-order valence-corrected chi connectivity index (χ2v) is 4.33. The third-order valence-electron chi connectivity index (χ3n) is 2.81. The zero-order valence-corrected chi connectivity index (χ0v) is 10.5. The predicted octanol–water partition coefficient (Wildman–Crippen LogP) is 2.35. The lowest BCUT2D eigenvalue weighted by Crippen LogP contribution is -2.42. The Labute approximate surface area is 105 Å². The fourth-order valence-corrected chi connectivity index (χ4v) is 1.98. The van der Waals surface area contributed by atoms with Gasteiger partial charge in [-0.25, -0.2) is 0 Å². The highest BCUT2D eigenvalue weighted by Gasteiger charge is 2.34. The molecule has 0 spiro atoms. The van der Waals surface area contributed by atoms with Crippen molar-refractivity contribution in [2.75, 3.05) is 13.6 Å². The highest BCUT2D eigenvalue weighted by atomic mass is 19.4. The van der Waals surface area contributed by atoms with Crippen LogP contribution in [0.3, 0.4) is 0 Å². The molecule has 0 amide bonds. The molecular formula is C12H18F3N3. The zero-order valence-electron chi connectivity index (χ0n) is 10.5. The molecule has 1 aromatic rings. The molecule has 0 bridgehead atoms. The number of nitrogens with zero attached hydrogens (tertiary/aromatic N) is 2. The number of hydrogen-bond donors (Lipinski definition) is 1. The van der Waals surface area contributed by atoms with E-state index in [2.05, 4.69) is 4.98 Å². The van der Waals surface area contributed by atoms with Crippen molar-refractivity contribution < 1.29 is 13.2 Å². The van der Waals surface area contributed by atoms with Crippen molar-refractivity contribution >= 4 is 0 Å². The molecule has 102 valence electrons. The SMILES string of the molecule is CCC(N)C(c1cccnc1)N(C)CC(F)(F)F. The minimum absolute atomic E-state index is 0.360. The standard InChI is InChI=1S/C12H18F3N3/c1-3-10(16)11(9-5-4-6-17-7-9)18(2)8-12(13,14)15/h4-7,10-11H,3,8,16H2,1-2H3. The number of pyridine rings is 1. The van der Waals surface area contributed by atoms with Gasteiger partial charge in [0.1, 0.15) is 0 Å². The maximum atomic E-state index is 12.5. The minimum Gasteiger partial charge on any atom is -0.326 e. The van der Waals surface area contributed by atoms with Crippen LogP contribution in [0.4, 0.5) is 13.2 Å². The summed E-state index contributed by atoms with van der Waals surface area (Å²) in [5.74, 6) is 0. The Balaban J connectivity index is 2.92. The smallest absolute Gasteiger partial charge is 0.326 e. The van der Waals surface area contributed by atoms with Crippen LogP contribution in [-0.2, 0) is 0 Å². The van der Waals surface area contributed by atoms with E-state index in [0.29, 0.717) is 12.0 Å². The maximum Gasteiger partial charge on any atom is 0.401 e. The number of hydrogen-bond acceptors (Lipinski definition) is 3. The van der Waals surface area contributed by atoms with Crippen LogP contribution in [0.2, 0.25) is 0 Å². The lowest BCUT2D eigenvalue weighted by Gasteiger charge is -2.32. The normalized spacial score (nSPS) is 15.7. The zero-order chi connectivity index (χ0) is 13.8. The Kier molecular flexibility index (Phi) is 5.10. The van der Waals surface area contributed by atoms with Crippen LogP contribution in [0.1, 0.15) is 24.9 Å². The van der Waals surface area contributed by atoms with Gasteiger partial charge < -0.3 is 5.73 Å². The average molecular weight is 261 g/mol. The van der Waals surface area contributed by atoms with Crippen LogP contribution in [-0.4, -0.2) is 35.7 Å². The number of nitrogens with two attached hydrogens (primary N) is 1. The van der Waals surface area contributed by atoms with Crippen LogP contribution in [0, 0.1) is 0 Å².